The van der Waals surface area contributed by atoms with E-state index >= 15 is 0 Å². The number of benzene rings is 3. The molecular formula is C44H41N7. The van der Waals surface area contributed by atoms with Crippen LogP contribution in [0.3, 0.4) is 0 Å². The zero-order valence-electron chi connectivity index (χ0n) is 29.9. The number of hydrogen-bond acceptors (Lipinski definition) is 5. The average molecular weight is 668 g/mol. The van der Waals surface area contributed by atoms with Gasteiger partial charge < -0.3 is 24.7 Å². The van der Waals surface area contributed by atoms with E-state index in [0.29, 0.717) is 0 Å². The average Bonchev–Trinajstić information content (AvgIpc) is 3.96. The Bertz CT molecular complexity index is 2430. The summed E-state index contributed by atoms with van der Waals surface area (Å²) in [6.07, 6.45) is 8.48. The zero-order chi connectivity index (χ0) is 35.2. The molecule has 0 unspecified atom stereocenters. The van der Waals surface area contributed by atoms with Crippen molar-refractivity contribution in [3.05, 3.63) is 126 Å². The summed E-state index contributed by atoms with van der Waals surface area (Å²) in [5, 5.41) is 0. The Balaban J connectivity index is 1.47. The van der Waals surface area contributed by atoms with Crippen molar-refractivity contribution in [2.45, 2.75) is 0 Å². The van der Waals surface area contributed by atoms with Gasteiger partial charge >= 0.3 is 0 Å². The van der Waals surface area contributed by atoms with Crippen LogP contribution < -0.4 is 14.7 Å². The maximum absolute atomic E-state index is 5.38. The van der Waals surface area contributed by atoms with Crippen LogP contribution in [0, 0.1) is 0 Å². The van der Waals surface area contributed by atoms with Crippen LogP contribution in [0.1, 0.15) is 22.8 Å². The third-order valence-corrected chi connectivity index (χ3v) is 9.59. The van der Waals surface area contributed by atoms with Crippen LogP contribution in [-0.2, 0) is 0 Å². The molecule has 0 saturated carbocycles. The summed E-state index contributed by atoms with van der Waals surface area (Å²) in [5.41, 5.74) is 17.4. The maximum atomic E-state index is 5.38. The molecule has 8 bridgehead atoms. The van der Waals surface area contributed by atoms with E-state index in [4.69, 9.17) is 9.97 Å². The lowest BCUT2D eigenvalue weighted by molar-refractivity contribution is 1.13. The molecule has 3 aromatic carbocycles. The molecule has 0 aliphatic carbocycles. The number of anilines is 3. The monoisotopic (exact) mass is 667 g/mol. The quantitative estimate of drug-likeness (QED) is 0.185. The van der Waals surface area contributed by atoms with Crippen molar-refractivity contribution in [3.63, 3.8) is 0 Å². The lowest BCUT2D eigenvalue weighted by Gasteiger charge is -2.13. The van der Waals surface area contributed by atoms with E-state index in [9.17, 15) is 0 Å². The van der Waals surface area contributed by atoms with Gasteiger partial charge in [0, 0.05) is 98.1 Å². The first-order chi connectivity index (χ1) is 24.7. The number of aromatic nitrogens is 4. The summed E-state index contributed by atoms with van der Waals surface area (Å²) in [4.78, 5) is 24.4. The van der Waals surface area contributed by atoms with Crippen molar-refractivity contribution in [3.8, 4) is 33.4 Å². The third-order valence-electron chi connectivity index (χ3n) is 9.59. The molecule has 0 saturated heterocycles. The molecule has 0 spiro atoms. The molecule has 6 aromatic rings. The normalized spacial score (nSPS) is 12.0. The van der Waals surface area contributed by atoms with Gasteiger partial charge in [0.15, 0.2) is 0 Å². The minimum Gasteiger partial charge on any atom is -0.378 e. The van der Waals surface area contributed by atoms with Gasteiger partial charge in [-0.2, -0.15) is 0 Å². The number of nitrogens with zero attached hydrogens (tertiary/aromatic N) is 5. The molecule has 2 N–H and O–H groups in total. The number of hydrogen-bond donors (Lipinski definition) is 2. The van der Waals surface area contributed by atoms with E-state index in [1.54, 1.807) is 0 Å². The van der Waals surface area contributed by atoms with Gasteiger partial charge in [-0.1, -0.05) is 36.4 Å². The standard InChI is InChI=1S/C44H41N7/c1-49(2)33-15-7-28(8-16-33)42-36-21-13-31(45-36)27-32-14-22-37(46-32)43(29-9-17-34(18-10-29)50(3)4)39-24-26-41(48-39)44(40-25-23-38(42)47-40)30-11-19-35(20-12-30)51(5)6/h7-27,45,48H,1-6H3. The van der Waals surface area contributed by atoms with Crippen molar-refractivity contribution in [2.24, 2.45) is 0 Å². The van der Waals surface area contributed by atoms with Gasteiger partial charge in [0.25, 0.3) is 0 Å². The number of nitrogens with one attached hydrogen (secondary N) is 2. The number of H-pyrrole nitrogens is 2. The predicted molar refractivity (Wildman–Crippen MR) is 218 cm³/mol. The molecule has 2 aliphatic rings. The molecule has 5 heterocycles. The lowest BCUT2D eigenvalue weighted by atomic mass is 10.0. The third kappa shape index (κ3) is 6.08. The lowest BCUT2D eigenvalue weighted by Crippen LogP contribution is -2.07. The van der Waals surface area contributed by atoms with Gasteiger partial charge in [-0.15, -0.1) is 0 Å². The van der Waals surface area contributed by atoms with E-state index < -0.39 is 0 Å². The van der Waals surface area contributed by atoms with E-state index in [-0.39, 0.29) is 0 Å². The van der Waals surface area contributed by atoms with Crippen LogP contribution in [0.25, 0.3) is 79.8 Å². The summed E-state index contributed by atoms with van der Waals surface area (Å²) in [6, 6.07) is 36.7. The Hall–Kier alpha value is -6.34. The molecule has 2 aliphatic heterocycles. The molecule has 0 atom stereocenters. The van der Waals surface area contributed by atoms with Crippen molar-refractivity contribution in [1.29, 1.82) is 0 Å². The second-order valence-electron chi connectivity index (χ2n) is 13.7. The fourth-order valence-electron chi connectivity index (χ4n) is 6.83. The molecule has 7 heteroatoms. The van der Waals surface area contributed by atoms with Crippen LogP contribution in [0.15, 0.2) is 103 Å². The largest absolute Gasteiger partial charge is 0.378 e. The molecule has 0 fully saturated rings. The Kier molecular flexibility index (Phi) is 8.03. The van der Waals surface area contributed by atoms with E-state index in [0.717, 1.165) is 95.3 Å². The topological polar surface area (TPSA) is 67.1 Å². The molecule has 8 rings (SSSR count). The minimum absolute atomic E-state index is 0.888. The molecule has 51 heavy (non-hydrogen) atoms. The Morgan fingerprint density at radius 2 is 0.765 bits per heavy atom. The summed E-state index contributed by atoms with van der Waals surface area (Å²) in [6.45, 7) is 0. The number of rotatable bonds is 6. The van der Waals surface area contributed by atoms with Crippen LogP contribution in [-0.4, -0.2) is 62.2 Å². The summed E-state index contributed by atoms with van der Waals surface area (Å²) < 4.78 is 0. The van der Waals surface area contributed by atoms with Crippen molar-refractivity contribution in [1.82, 2.24) is 19.9 Å². The van der Waals surface area contributed by atoms with Crippen molar-refractivity contribution < 1.29 is 0 Å². The van der Waals surface area contributed by atoms with Crippen LogP contribution in [0.4, 0.5) is 17.1 Å². The van der Waals surface area contributed by atoms with E-state index in [1.807, 2.05) is 0 Å². The Morgan fingerprint density at radius 1 is 0.392 bits per heavy atom. The maximum Gasteiger partial charge on any atom is 0.0737 e. The van der Waals surface area contributed by atoms with Gasteiger partial charge in [0.1, 0.15) is 0 Å². The second-order valence-corrected chi connectivity index (χ2v) is 13.7. The number of fused-ring (bicyclic) bond motifs is 8. The zero-order valence-corrected chi connectivity index (χ0v) is 29.9. The highest BCUT2D eigenvalue weighted by Gasteiger charge is 2.17. The van der Waals surface area contributed by atoms with Crippen molar-refractivity contribution >= 4 is 63.4 Å². The summed E-state index contributed by atoms with van der Waals surface area (Å²) in [7, 11) is 12.4. The van der Waals surface area contributed by atoms with Crippen LogP contribution in [0.5, 0.6) is 0 Å². The van der Waals surface area contributed by atoms with Gasteiger partial charge in [-0.25, -0.2) is 9.97 Å². The first-order valence-corrected chi connectivity index (χ1v) is 17.2. The minimum atomic E-state index is 0.888. The van der Waals surface area contributed by atoms with E-state index in [2.05, 4.69) is 194 Å². The highest BCUT2D eigenvalue weighted by atomic mass is 15.1. The van der Waals surface area contributed by atoms with Gasteiger partial charge in [0.2, 0.25) is 0 Å². The first kappa shape index (κ1) is 31.9. The van der Waals surface area contributed by atoms with Gasteiger partial charge in [-0.05, 0) is 108 Å². The van der Waals surface area contributed by atoms with Crippen LogP contribution >= 0.6 is 0 Å². The first-order valence-electron chi connectivity index (χ1n) is 17.2. The summed E-state index contributed by atoms with van der Waals surface area (Å²) in [5.74, 6) is 0. The second kappa shape index (κ2) is 12.8. The molecule has 7 nitrogen and oxygen atoms in total. The summed E-state index contributed by atoms with van der Waals surface area (Å²) >= 11 is 0. The molecule has 0 amide bonds. The number of aromatic amines is 2. The fourth-order valence-corrected chi connectivity index (χ4v) is 6.83. The smallest absolute Gasteiger partial charge is 0.0737 e. The fraction of sp³-hybridized carbons (Fsp3) is 0.136. The molecular weight excluding hydrogens is 627 g/mol. The van der Waals surface area contributed by atoms with Gasteiger partial charge in [0.05, 0.1) is 22.8 Å². The Morgan fingerprint density at radius 3 is 1.20 bits per heavy atom. The SMILES string of the molecule is CN(C)c1ccc(-c2c3nc(c(-c4ccc(N(C)C)cc4)c4ccc([nH]4)c(-c4ccc(N(C)C)cc4)c4nc(cc5ccc2[nH]5)C=C4)C=C3)cc1. The molecule has 252 valence electrons. The van der Waals surface area contributed by atoms with E-state index in [1.165, 1.54) is 0 Å². The predicted octanol–water partition coefficient (Wildman–Crippen LogP) is 9.85. The van der Waals surface area contributed by atoms with Gasteiger partial charge in [-0.3, -0.25) is 0 Å². The molecule has 0 radical (unpaired) electrons. The highest BCUT2D eigenvalue weighted by Crippen LogP contribution is 2.37. The van der Waals surface area contributed by atoms with Crippen LogP contribution in [0.2, 0.25) is 0 Å². The Labute approximate surface area is 298 Å². The molecule has 3 aromatic heterocycles. The van der Waals surface area contributed by atoms with Crippen molar-refractivity contribution in [2.75, 3.05) is 57.0 Å². The highest BCUT2D eigenvalue weighted by molar-refractivity contribution is 5.97.